The SMILES string of the molecule is CCN1CC2OC(C1)c1ccccc12.O=C(O)C(=O)O. The molecule has 1 aromatic carbocycles. The Hall–Kier alpha value is -1.92. The lowest BCUT2D eigenvalue weighted by molar-refractivity contribution is -0.159. The van der Waals surface area contributed by atoms with Gasteiger partial charge in [-0.3, -0.25) is 4.90 Å². The Bertz CT molecular complexity index is 473. The van der Waals surface area contributed by atoms with Crippen molar-refractivity contribution in [3.8, 4) is 0 Å². The number of benzene rings is 1. The maximum Gasteiger partial charge on any atom is 0.414 e. The first-order valence-electron chi connectivity index (χ1n) is 6.45. The number of carboxylic acid groups (broad SMARTS) is 2. The number of ether oxygens (including phenoxy) is 1. The van der Waals surface area contributed by atoms with Gasteiger partial charge in [0.1, 0.15) is 0 Å². The van der Waals surface area contributed by atoms with Gasteiger partial charge in [-0.05, 0) is 17.7 Å². The number of morpholine rings is 1. The normalized spacial score (nSPS) is 23.4. The van der Waals surface area contributed by atoms with E-state index in [1.54, 1.807) is 0 Å². The van der Waals surface area contributed by atoms with Crippen molar-refractivity contribution in [1.82, 2.24) is 4.90 Å². The molecule has 2 bridgehead atoms. The predicted octanol–water partition coefficient (Wildman–Crippen LogP) is 1.29. The van der Waals surface area contributed by atoms with Crippen LogP contribution in [-0.4, -0.2) is 46.7 Å². The Morgan fingerprint density at radius 3 is 1.95 bits per heavy atom. The van der Waals surface area contributed by atoms with Crippen LogP contribution in [0.2, 0.25) is 0 Å². The monoisotopic (exact) mass is 279 g/mol. The summed E-state index contributed by atoms with van der Waals surface area (Å²) in [6, 6.07) is 8.64. The van der Waals surface area contributed by atoms with Gasteiger partial charge < -0.3 is 14.9 Å². The number of likely N-dealkylation sites (N-methyl/N-ethyl adjacent to an activating group) is 1. The lowest BCUT2D eigenvalue weighted by atomic mass is 10.0. The molecular weight excluding hydrogens is 262 g/mol. The van der Waals surface area contributed by atoms with Gasteiger partial charge in [0, 0.05) is 13.1 Å². The molecule has 6 heteroatoms. The van der Waals surface area contributed by atoms with Crippen molar-refractivity contribution >= 4 is 11.9 Å². The van der Waals surface area contributed by atoms with E-state index in [4.69, 9.17) is 24.5 Å². The molecule has 0 spiro atoms. The van der Waals surface area contributed by atoms with E-state index in [9.17, 15) is 0 Å². The van der Waals surface area contributed by atoms with Gasteiger partial charge in [-0.1, -0.05) is 31.2 Å². The van der Waals surface area contributed by atoms with E-state index in [1.165, 1.54) is 11.1 Å². The van der Waals surface area contributed by atoms with E-state index in [0.29, 0.717) is 12.2 Å². The summed E-state index contributed by atoms with van der Waals surface area (Å²) in [4.78, 5) is 20.7. The zero-order valence-corrected chi connectivity index (χ0v) is 11.2. The molecule has 0 amide bonds. The van der Waals surface area contributed by atoms with Gasteiger partial charge in [0.2, 0.25) is 0 Å². The molecule has 1 aromatic rings. The van der Waals surface area contributed by atoms with Gasteiger partial charge in [-0.15, -0.1) is 0 Å². The number of carbonyl (C=O) groups is 2. The fourth-order valence-electron chi connectivity index (χ4n) is 2.53. The third-order valence-corrected chi connectivity index (χ3v) is 3.50. The first kappa shape index (κ1) is 14.5. The van der Waals surface area contributed by atoms with Crippen LogP contribution in [0.3, 0.4) is 0 Å². The highest BCUT2D eigenvalue weighted by atomic mass is 16.5. The zero-order valence-electron chi connectivity index (χ0n) is 11.2. The molecule has 1 saturated heterocycles. The Morgan fingerprint density at radius 2 is 1.60 bits per heavy atom. The molecule has 2 aliphatic rings. The van der Waals surface area contributed by atoms with Gasteiger partial charge in [0.15, 0.2) is 0 Å². The number of rotatable bonds is 1. The summed E-state index contributed by atoms with van der Waals surface area (Å²) >= 11 is 0. The van der Waals surface area contributed by atoms with Crippen molar-refractivity contribution in [3.63, 3.8) is 0 Å². The molecule has 1 fully saturated rings. The molecule has 6 nitrogen and oxygen atoms in total. The lowest BCUT2D eigenvalue weighted by Gasteiger charge is -2.31. The van der Waals surface area contributed by atoms with Crippen LogP contribution in [0.5, 0.6) is 0 Å². The average molecular weight is 279 g/mol. The number of fused-ring (bicyclic) bond motifs is 5. The van der Waals surface area contributed by atoms with Crippen molar-refractivity contribution in [2.75, 3.05) is 19.6 Å². The summed E-state index contributed by atoms with van der Waals surface area (Å²) in [5, 5.41) is 14.8. The van der Waals surface area contributed by atoms with E-state index in [0.717, 1.165) is 19.6 Å². The van der Waals surface area contributed by atoms with E-state index in [-0.39, 0.29) is 0 Å². The molecule has 2 heterocycles. The summed E-state index contributed by atoms with van der Waals surface area (Å²) in [6.07, 6.45) is 0.648. The fourth-order valence-corrected chi connectivity index (χ4v) is 2.53. The zero-order chi connectivity index (χ0) is 14.7. The van der Waals surface area contributed by atoms with Crippen molar-refractivity contribution < 1.29 is 24.5 Å². The maximum atomic E-state index is 9.10. The second-order valence-corrected chi connectivity index (χ2v) is 4.70. The predicted molar refractivity (Wildman–Crippen MR) is 70.4 cm³/mol. The molecule has 20 heavy (non-hydrogen) atoms. The number of hydrogen-bond acceptors (Lipinski definition) is 4. The largest absolute Gasteiger partial charge is 0.473 e. The Labute approximate surface area is 116 Å². The topological polar surface area (TPSA) is 87.1 Å². The lowest BCUT2D eigenvalue weighted by Crippen LogP contribution is -2.35. The second-order valence-electron chi connectivity index (χ2n) is 4.70. The highest BCUT2D eigenvalue weighted by Gasteiger charge is 2.37. The highest BCUT2D eigenvalue weighted by Crippen LogP contribution is 2.42. The second kappa shape index (κ2) is 6.02. The summed E-state index contributed by atoms with van der Waals surface area (Å²) in [7, 11) is 0. The fraction of sp³-hybridized carbons (Fsp3) is 0.429. The van der Waals surface area contributed by atoms with Crippen LogP contribution < -0.4 is 0 Å². The molecule has 2 unspecified atom stereocenters. The molecule has 2 N–H and O–H groups in total. The van der Waals surface area contributed by atoms with E-state index in [1.807, 2.05) is 0 Å². The Morgan fingerprint density at radius 1 is 1.15 bits per heavy atom. The Balaban J connectivity index is 0.000000212. The highest BCUT2D eigenvalue weighted by molar-refractivity contribution is 6.27. The van der Waals surface area contributed by atoms with Crippen molar-refractivity contribution in [2.24, 2.45) is 0 Å². The molecule has 0 saturated carbocycles. The third-order valence-electron chi connectivity index (χ3n) is 3.50. The van der Waals surface area contributed by atoms with Gasteiger partial charge in [-0.2, -0.15) is 0 Å². The van der Waals surface area contributed by atoms with Gasteiger partial charge >= 0.3 is 11.9 Å². The summed E-state index contributed by atoms with van der Waals surface area (Å²) in [6.45, 7) is 5.47. The molecule has 3 rings (SSSR count). The van der Waals surface area contributed by atoms with Gasteiger partial charge in [0.25, 0.3) is 0 Å². The van der Waals surface area contributed by atoms with Crippen LogP contribution in [0.4, 0.5) is 0 Å². The quantitative estimate of drug-likeness (QED) is 0.753. The number of nitrogens with zero attached hydrogens (tertiary/aromatic N) is 1. The number of hydrogen-bond donors (Lipinski definition) is 2. The number of aliphatic carboxylic acids is 2. The van der Waals surface area contributed by atoms with E-state index in [2.05, 4.69) is 36.1 Å². The van der Waals surface area contributed by atoms with Crippen LogP contribution >= 0.6 is 0 Å². The van der Waals surface area contributed by atoms with E-state index >= 15 is 0 Å². The average Bonchev–Trinajstić information content (AvgIpc) is 2.71. The molecule has 2 atom stereocenters. The van der Waals surface area contributed by atoms with Gasteiger partial charge in [0.05, 0.1) is 12.2 Å². The minimum atomic E-state index is -1.82. The Kier molecular flexibility index (Phi) is 4.36. The van der Waals surface area contributed by atoms with Crippen LogP contribution in [0, 0.1) is 0 Å². The van der Waals surface area contributed by atoms with Crippen molar-refractivity contribution in [1.29, 1.82) is 0 Å². The van der Waals surface area contributed by atoms with Crippen molar-refractivity contribution in [2.45, 2.75) is 19.1 Å². The van der Waals surface area contributed by atoms with Crippen LogP contribution in [0.15, 0.2) is 24.3 Å². The maximum absolute atomic E-state index is 9.10. The first-order valence-corrected chi connectivity index (χ1v) is 6.45. The summed E-state index contributed by atoms with van der Waals surface area (Å²) < 4.78 is 5.96. The standard InChI is InChI=1S/C12H15NO.C2H2O4/c1-2-13-7-11-9-5-3-4-6-10(9)12(8-13)14-11;3-1(4)2(5)6/h3-6,11-12H,2,7-8H2,1H3;(H,3,4)(H,5,6). The van der Waals surface area contributed by atoms with Crippen LogP contribution in [0.1, 0.15) is 30.3 Å². The third kappa shape index (κ3) is 2.97. The van der Waals surface area contributed by atoms with Crippen molar-refractivity contribution in [3.05, 3.63) is 35.4 Å². The molecule has 0 aliphatic carbocycles. The number of carboxylic acids is 2. The minimum absolute atomic E-state index is 0.324. The smallest absolute Gasteiger partial charge is 0.414 e. The van der Waals surface area contributed by atoms with Gasteiger partial charge in [-0.25, -0.2) is 9.59 Å². The molecule has 2 aliphatic heterocycles. The molecule has 0 radical (unpaired) electrons. The first-order chi connectivity index (χ1) is 9.52. The summed E-state index contributed by atoms with van der Waals surface area (Å²) in [5.74, 6) is -3.65. The molecule has 0 aromatic heterocycles. The minimum Gasteiger partial charge on any atom is -0.473 e. The van der Waals surface area contributed by atoms with Crippen LogP contribution in [-0.2, 0) is 14.3 Å². The molecule has 108 valence electrons. The summed E-state index contributed by atoms with van der Waals surface area (Å²) in [5.41, 5.74) is 2.82. The van der Waals surface area contributed by atoms with E-state index < -0.39 is 11.9 Å². The molecular formula is C14H17NO5. The van der Waals surface area contributed by atoms with Crippen LogP contribution in [0.25, 0.3) is 0 Å².